The highest BCUT2D eigenvalue weighted by molar-refractivity contribution is 7.89. The summed E-state index contributed by atoms with van der Waals surface area (Å²) < 4.78 is 37.7. The summed E-state index contributed by atoms with van der Waals surface area (Å²) in [4.78, 5) is 16.9. The van der Waals surface area contributed by atoms with Crippen molar-refractivity contribution in [1.29, 1.82) is 0 Å². The van der Waals surface area contributed by atoms with Gasteiger partial charge in [-0.25, -0.2) is 18.2 Å². The molecule has 1 fully saturated rings. The standard InChI is InChI=1S/C19H17ClN2O5S2/c20-18-14(11-13-3-1-2-4-15(13)21-18)12-27-19(23)17-16(5-10-28-17)29(24,25)22-6-8-26-9-7-22/h1-5,10-11H,6-9,12H2. The van der Waals surface area contributed by atoms with Gasteiger partial charge in [0.05, 0.1) is 18.7 Å². The first-order chi connectivity index (χ1) is 14.0. The van der Waals surface area contributed by atoms with E-state index in [1.54, 1.807) is 11.4 Å². The molecule has 0 radical (unpaired) electrons. The fourth-order valence-corrected chi connectivity index (χ4v) is 5.91. The number of fused-ring (bicyclic) bond motifs is 1. The Labute approximate surface area is 176 Å². The average Bonchev–Trinajstić information content (AvgIpc) is 3.23. The van der Waals surface area contributed by atoms with Crippen LogP contribution < -0.4 is 0 Å². The number of rotatable bonds is 5. The van der Waals surface area contributed by atoms with E-state index in [0.717, 1.165) is 22.2 Å². The number of nitrogens with zero attached hydrogens (tertiary/aromatic N) is 2. The molecular formula is C19H17ClN2O5S2. The van der Waals surface area contributed by atoms with Crippen molar-refractivity contribution in [3.05, 3.63) is 57.4 Å². The maximum atomic E-state index is 12.9. The summed E-state index contributed by atoms with van der Waals surface area (Å²) in [6.45, 7) is 1.06. The molecule has 2 aromatic heterocycles. The zero-order valence-corrected chi connectivity index (χ0v) is 17.6. The molecule has 1 aromatic carbocycles. The molecule has 0 saturated carbocycles. The predicted octanol–water partition coefficient (Wildman–Crippen LogP) is 3.33. The highest BCUT2D eigenvalue weighted by Gasteiger charge is 2.31. The maximum absolute atomic E-state index is 12.9. The lowest BCUT2D eigenvalue weighted by molar-refractivity contribution is 0.0473. The number of hydrogen-bond acceptors (Lipinski definition) is 7. The lowest BCUT2D eigenvalue weighted by Crippen LogP contribution is -2.40. The van der Waals surface area contributed by atoms with Crippen LogP contribution in [0.3, 0.4) is 0 Å². The highest BCUT2D eigenvalue weighted by Crippen LogP contribution is 2.28. The molecule has 0 atom stereocenters. The summed E-state index contributed by atoms with van der Waals surface area (Å²) in [7, 11) is -3.79. The van der Waals surface area contributed by atoms with Crippen molar-refractivity contribution in [2.75, 3.05) is 26.3 Å². The van der Waals surface area contributed by atoms with Crippen LogP contribution in [0, 0.1) is 0 Å². The third-order valence-corrected chi connectivity index (χ3v) is 7.80. The maximum Gasteiger partial charge on any atom is 0.350 e. The third kappa shape index (κ3) is 4.15. The van der Waals surface area contributed by atoms with Crippen molar-refractivity contribution in [3.8, 4) is 0 Å². The van der Waals surface area contributed by atoms with Crippen molar-refractivity contribution in [3.63, 3.8) is 0 Å². The smallest absolute Gasteiger partial charge is 0.350 e. The Bertz CT molecular complexity index is 1160. The Hall–Kier alpha value is -2.04. The molecule has 0 unspecified atom stereocenters. The summed E-state index contributed by atoms with van der Waals surface area (Å²) in [5.74, 6) is -0.712. The third-order valence-electron chi connectivity index (χ3n) is 4.51. The largest absolute Gasteiger partial charge is 0.456 e. The number of benzene rings is 1. The second-order valence-electron chi connectivity index (χ2n) is 6.34. The number of sulfonamides is 1. The Morgan fingerprint density at radius 1 is 1.24 bits per heavy atom. The van der Waals surface area contributed by atoms with E-state index >= 15 is 0 Å². The van der Waals surface area contributed by atoms with Crippen LogP contribution in [0.25, 0.3) is 10.9 Å². The Balaban J connectivity index is 1.53. The molecule has 29 heavy (non-hydrogen) atoms. The number of pyridine rings is 1. The average molecular weight is 453 g/mol. The zero-order valence-electron chi connectivity index (χ0n) is 15.2. The van der Waals surface area contributed by atoms with Gasteiger partial charge in [-0.1, -0.05) is 29.8 Å². The van der Waals surface area contributed by atoms with Crippen molar-refractivity contribution >= 4 is 49.8 Å². The van der Waals surface area contributed by atoms with E-state index in [1.807, 2.05) is 24.3 Å². The van der Waals surface area contributed by atoms with Gasteiger partial charge in [-0.2, -0.15) is 4.31 Å². The Morgan fingerprint density at radius 2 is 2.00 bits per heavy atom. The fourth-order valence-electron chi connectivity index (χ4n) is 3.02. The summed E-state index contributed by atoms with van der Waals surface area (Å²) in [5.41, 5.74) is 1.29. The molecule has 0 N–H and O–H groups in total. The van der Waals surface area contributed by atoms with Gasteiger partial charge in [0.1, 0.15) is 21.5 Å². The molecule has 0 spiro atoms. The normalized spacial score (nSPS) is 15.5. The summed E-state index contributed by atoms with van der Waals surface area (Å²) in [6, 6.07) is 10.7. The number of carbonyl (C=O) groups excluding carboxylic acids is 1. The number of carbonyl (C=O) groups is 1. The minimum absolute atomic E-state index is 0.0429. The van der Waals surface area contributed by atoms with Crippen molar-refractivity contribution in [1.82, 2.24) is 9.29 Å². The first-order valence-corrected chi connectivity index (χ1v) is 11.5. The summed E-state index contributed by atoms with van der Waals surface area (Å²) in [6.07, 6.45) is 0. The molecule has 1 aliphatic heterocycles. The molecule has 1 aliphatic rings. The number of aromatic nitrogens is 1. The molecule has 4 rings (SSSR count). The van der Waals surface area contributed by atoms with Crippen LogP contribution in [0.2, 0.25) is 5.15 Å². The quantitative estimate of drug-likeness (QED) is 0.436. The van der Waals surface area contributed by atoms with E-state index < -0.39 is 16.0 Å². The van der Waals surface area contributed by atoms with Crippen LogP contribution in [0.1, 0.15) is 15.2 Å². The molecule has 3 aromatic rings. The lowest BCUT2D eigenvalue weighted by atomic mass is 10.2. The first kappa shape index (κ1) is 20.2. The van der Waals surface area contributed by atoms with E-state index in [9.17, 15) is 13.2 Å². The number of hydrogen-bond donors (Lipinski definition) is 0. The highest BCUT2D eigenvalue weighted by atomic mass is 35.5. The van der Waals surface area contributed by atoms with Gasteiger partial charge >= 0.3 is 5.97 Å². The van der Waals surface area contributed by atoms with Crippen LogP contribution in [0.4, 0.5) is 0 Å². The van der Waals surface area contributed by atoms with Crippen molar-refractivity contribution in [2.24, 2.45) is 0 Å². The second kappa shape index (κ2) is 8.37. The zero-order chi connectivity index (χ0) is 20.4. The van der Waals surface area contributed by atoms with Crippen LogP contribution in [-0.2, 0) is 26.1 Å². The van der Waals surface area contributed by atoms with Crippen LogP contribution in [0.5, 0.6) is 0 Å². The first-order valence-electron chi connectivity index (χ1n) is 8.83. The summed E-state index contributed by atoms with van der Waals surface area (Å²) in [5, 5.41) is 2.67. The minimum atomic E-state index is -3.79. The Kier molecular flexibility index (Phi) is 5.84. The van der Waals surface area contributed by atoms with E-state index in [-0.39, 0.29) is 34.6 Å². The number of halogens is 1. The number of esters is 1. The fraction of sp³-hybridized carbons (Fsp3) is 0.263. The number of para-hydroxylation sites is 1. The number of ether oxygens (including phenoxy) is 2. The second-order valence-corrected chi connectivity index (χ2v) is 9.52. The van der Waals surface area contributed by atoms with Gasteiger partial charge in [0.2, 0.25) is 10.0 Å². The van der Waals surface area contributed by atoms with E-state index in [0.29, 0.717) is 18.8 Å². The van der Waals surface area contributed by atoms with E-state index in [4.69, 9.17) is 21.1 Å². The molecule has 7 nitrogen and oxygen atoms in total. The van der Waals surface area contributed by atoms with Crippen molar-refractivity contribution in [2.45, 2.75) is 11.5 Å². The van der Waals surface area contributed by atoms with Crippen LogP contribution in [0.15, 0.2) is 46.7 Å². The van der Waals surface area contributed by atoms with Crippen LogP contribution in [-0.4, -0.2) is 50.0 Å². The lowest BCUT2D eigenvalue weighted by Gasteiger charge is -2.25. The predicted molar refractivity (Wildman–Crippen MR) is 110 cm³/mol. The molecule has 10 heteroatoms. The molecule has 1 saturated heterocycles. The van der Waals surface area contributed by atoms with Gasteiger partial charge in [-0.15, -0.1) is 11.3 Å². The molecular weight excluding hydrogens is 436 g/mol. The van der Waals surface area contributed by atoms with Gasteiger partial charge in [-0.3, -0.25) is 0 Å². The van der Waals surface area contributed by atoms with Gasteiger partial charge in [0.25, 0.3) is 0 Å². The van der Waals surface area contributed by atoms with Gasteiger partial charge in [0, 0.05) is 24.0 Å². The molecule has 0 aliphatic carbocycles. The van der Waals surface area contributed by atoms with Gasteiger partial charge in [-0.05, 0) is 23.6 Å². The SMILES string of the molecule is O=C(OCc1cc2ccccc2nc1Cl)c1sccc1S(=O)(=O)N1CCOCC1. The van der Waals surface area contributed by atoms with E-state index in [1.165, 1.54) is 10.4 Å². The van der Waals surface area contributed by atoms with Gasteiger partial charge in [0.15, 0.2) is 0 Å². The molecule has 152 valence electrons. The minimum Gasteiger partial charge on any atom is -0.456 e. The molecule has 0 bridgehead atoms. The molecule has 3 heterocycles. The summed E-state index contributed by atoms with van der Waals surface area (Å²) >= 11 is 7.23. The number of morpholine rings is 1. The van der Waals surface area contributed by atoms with Crippen molar-refractivity contribution < 1.29 is 22.7 Å². The molecule has 0 amide bonds. The number of thiophene rings is 1. The Morgan fingerprint density at radius 3 is 2.79 bits per heavy atom. The monoisotopic (exact) mass is 452 g/mol. The topological polar surface area (TPSA) is 85.8 Å². The van der Waals surface area contributed by atoms with E-state index in [2.05, 4.69) is 4.98 Å². The van der Waals surface area contributed by atoms with Crippen LogP contribution >= 0.6 is 22.9 Å². The van der Waals surface area contributed by atoms with Gasteiger partial charge < -0.3 is 9.47 Å².